The molecular formula is C13H20ClN3OS. The summed E-state index contributed by atoms with van der Waals surface area (Å²) in [4.78, 5) is 6.58. The van der Waals surface area contributed by atoms with Gasteiger partial charge in [-0.1, -0.05) is 18.5 Å². The summed E-state index contributed by atoms with van der Waals surface area (Å²) in [6.45, 7) is 5.48. The number of halogens is 1. The lowest BCUT2D eigenvalue weighted by atomic mass is 10.2. The van der Waals surface area contributed by atoms with Gasteiger partial charge in [-0.2, -0.15) is 0 Å². The zero-order chi connectivity index (χ0) is 13.7. The molecule has 19 heavy (non-hydrogen) atoms. The molecule has 0 spiro atoms. The summed E-state index contributed by atoms with van der Waals surface area (Å²) < 4.78 is 11.3. The molecule has 2 heterocycles. The van der Waals surface area contributed by atoms with Crippen molar-refractivity contribution in [3.63, 3.8) is 0 Å². The Hall–Kier alpha value is -0.650. The molecule has 0 aromatic carbocycles. The topological polar surface area (TPSA) is 45.2 Å². The number of aromatic nitrogens is 1. The second-order valence-corrected chi connectivity index (χ2v) is 6.76. The fourth-order valence-corrected chi connectivity index (χ4v) is 3.42. The number of pyridine rings is 1. The molecule has 0 aliphatic carbocycles. The molecule has 4 nitrogen and oxygen atoms in total. The molecule has 1 fully saturated rings. The molecule has 1 aromatic heterocycles. The Labute approximate surface area is 122 Å². The van der Waals surface area contributed by atoms with Gasteiger partial charge in [-0.05, 0) is 24.6 Å². The molecule has 0 radical (unpaired) electrons. The minimum Gasteiger partial charge on any atom is -0.354 e. The molecule has 1 aromatic rings. The third-order valence-electron chi connectivity index (χ3n) is 3.11. The second kappa shape index (κ2) is 7.22. The van der Waals surface area contributed by atoms with Crippen molar-refractivity contribution in [3.05, 3.63) is 22.8 Å². The van der Waals surface area contributed by atoms with Crippen LogP contribution in [0, 0.1) is 0 Å². The number of nitrogens with one attached hydrogen (secondary N) is 1. The van der Waals surface area contributed by atoms with E-state index in [1.165, 1.54) is 0 Å². The van der Waals surface area contributed by atoms with Crippen molar-refractivity contribution in [2.45, 2.75) is 19.9 Å². The van der Waals surface area contributed by atoms with Gasteiger partial charge in [0.25, 0.3) is 0 Å². The quantitative estimate of drug-likeness (QED) is 0.843. The zero-order valence-electron chi connectivity index (χ0n) is 11.2. The molecule has 1 saturated heterocycles. The van der Waals surface area contributed by atoms with E-state index >= 15 is 0 Å². The Kier molecular flexibility index (Phi) is 5.60. The largest absolute Gasteiger partial charge is 0.354 e. The van der Waals surface area contributed by atoms with E-state index in [-0.39, 0.29) is 0 Å². The fourth-order valence-electron chi connectivity index (χ4n) is 2.06. The highest BCUT2D eigenvalue weighted by molar-refractivity contribution is 7.85. The van der Waals surface area contributed by atoms with Crippen molar-refractivity contribution < 1.29 is 4.21 Å². The summed E-state index contributed by atoms with van der Waals surface area (Å²) in [5, 5.41) is 4.01. The van der Waals surface area contributed by atoms with Crippen LogP contribution >= 0.6 is 11.6 Å². The van der Waals surface area contributed by atoms with Crippen LogP contribution in [0.3, 0.4) is 0 Å². The van der Waals surface area contributed by atoms with Crippen molar-refractivity contribution in [1.29, 1.82) is 0 Å². The first-order valence-corrected chi connectivity index (χ1v) is 8.52. The highest BCUT2D eigenvalue weighted by atomic mass is 35.5. The van der Waals surface area contributed by atoms with E-state index in [0.717, 1.165) is 44.0 Å². The molecule has 1 aliphatic rings. The van der Waals surface area contributed by atoms with Crippen molar-refractivity contribution in [2.24, 2.45) is 0 Å². The molecular weight excluding hydrogens is 282 g/mol. The number of nitrogens with zero attached hydrogens (tertiary/aromatic N) is 2. The number of rotatable bonds is 5. The lowest BCUT2D eigenvalue weighted by Crippen LogP contribution is -2.38. The highest BCUT2D eigenvalue weighted by Gasteiger charge is 2.18. The third kappa shape index (κ3) is 4.16. The van der Waals surface area contributed by atoms with E-state index in [2.05, 4.69) is 22.1 Å². The first kappa shape index (κ1) is 14.8. The molecule has 6 heteroatoms. The smallest absolute Gasteiger partial charge is 0.147 e. The third-order valence-corrected chi connectivity index (χ3v) is 4.67. The first-order chi connectivity index (χ1) is 9.20. The highest BCUT2D eigenvalue weighted by Crippen LogP contribution is 2.25. The molecule has 106 valence electrons. The molecule has 2 rings (SSSR count). The predicted octanol–water partition coefficient (Wildman–Crippen LogP) is 1.80. The number of hydrogen-bond acceptors (Lipinski definition) is 4. The lowest BCUT2D eigenvalue weighted by molar-refractivity contribution is 0.670. The number of anilines is 1. The Balaban J connectivity index is 2.00. The fraction of sp³-hybridized carbons (Fsp3) is 0.615. The Morgan fingerprint density at radius 3 is 2.84 bits per heavy atom. The summed E-state index contributed by atoms with van der Waals surface area (Å²) in [6, 6.07) is 1.97. The Bertz CT molecular complexity index is 446. The molecule has 1 aliphatic heterocycles. The molecule has 0 amide bonds. The van der Waals surface area contributed by atoms with Crippen LogP contribution in [0.1, 0.15) is 18.9 Å². The van der Waals surface area contributed by atoms with Gasteiger partial charge in [0.2, 0.25) is 0 Å². The van der Waals surface area contributed by atoms with Crippen LogP contribution in [0.15, 0.2) is 12.3 Å². The predicted molar refractivity (Wildman–Crippen MR) is 81.3 cm³/mol. The van der Waals surface area contributed by atoms with Gasteiger partial charge >= 0.3 is 0 Å². The van der Waals surface area contributed by atoms with Gasteiger partial charge in [-0.15, -0.1) is 0 Å². The second-order valence-electron chi connectivity index (χ2n) is 4.66. The standard InChI is InChI=1S/C13H20ClN3OS/c1-2-3-15-9-11-8-12(14)13(16-10-11)17-4-6-19(18)7-5-17/h8,10,15H,2-7,9H2,1H3. The number of hydrogen-bond donors (Lipinski definition) is 1. The maximum Gasteiger partial charge on any atom is 0.147 e. The minimum absolute atomic E-state index is 0.674. The normalized spacial score (nSPS) is 16.8. The van der Waals surface area contributed by atoms with E-state index in [0.29, 0.717) is 16.5 Å². The van der Waals surface area contributed by atoms with Crippen LogP contribution in [0.4, 0.5) is 5.82 Å². The summed E-state index contributed by atoms with van der Waals surface area (Å²) >= 11 is 6.30. The monoisotopic (exact) mass is 301 g/mol. The summed E-state index contributed by atoms with van der Waals surface area (Å²) in [6.07, 6.45) is 2.99. The van der Waals surface area contributed by atoms with Crippen LogP contribution < -0.4 is 10.2 Å². The summed E-state index contributed by atoms with van der Waals surface area (Å²) in [7, 11) is -0.674. The zero-order valence-corrected chi connectivity index (χ0v) is 12.8. The van der Waals surface area contributed by atoms with Gasteiger partial charge in [0.05, 0.1) is 5.02 Å². The van der Waals surface area contributed by atoms with E-state index in [9.17, 15) is 4.21 Å². The average Bonchev–Trinajstić information content (AvgIpc) is 2.41. The van der Waals surface area contributed by atoms with Gasteiger partial charge in [0.15, 0.2) is 0 Å². The van der Waals surface area contributed by atoms with Crippen molar-refractivity contribution in [2.75, 3.05) is 36.0 Å². The summed E-state index contributed by atoms with van der Waals surface area (Å²) in [5.74, 6) is 2.23. The molecule has 0 bridgehead atoms. The van der Waals surface area contributed by atoms with E-state index in [4.69, 9.17) is 11.6 Å². The molecule has 0 unspecified atom stereocenters. The van der Waals surface area contributed by atoms with Crippen LogP contribution in [-0.4, -0.2) is 40.3 Å². The minimum atomic E-state index is -0.674. The van der Waals surface area contributed by atoms with Crippen molar-refractivity contribution >= 4 is 28.2 Å². The van der Waals surface area contributed by atoms with E-state index in [1.807, 2.05) is 12.3 Å². The van der Waals surface area contributed by atoms with Crippen molar-refractivity contribution in [1.82, 2.24) is 10.3 Å². The van der Waals surface area contributed by atoms with Gasteiger partial charge < -0.3 is 10.2 Å². The molecule has 0 saturated carbocycles. The van der Waals surface area contributed by atoms with Crippen molar-refractivity contribution in [3.8, 4) is 0 Å². The lowest BCUT2D eigenvalue weighted by Gasteiger charge is -2.28. The van der Waals surface area contributed by atoms with Crippen LogP contribution in [0.2, 0.25) is 5.02 Å². The maximum absolute atomic E-state index is 11.3. The van der Waals surface area contributed by atoms with Gasteiger partial charge in [-0.25, -0.2) is 4.98 Å². The van der Waals surface area contributed by atoms with Gasteiger partial charge in [0, 0.05) is 48.1 Å². The van der Waals surface area contributed by atoms with E-state index < -0.39 is 10.8 Å². The summed E-state index contributed by atoms with van der Waals surface area (Å²) in [5.41, 5.74) is 1.10. The Morgan fingerprint density at radius 1 is 1.47 bits per heavy atom. The first-order valence-electron chi connectivity index (χ1n) is 6.65. The maximum atomic E-state index is 11.3. The van der Waals surface area contributed by atoms with Gasteiger partial charge in [-0.3, -0.25) is 4.21 Å². The molecule has 0 atom stereocenters. The van der Waals surface area contributed by atoms with Crippen LogP contribution in [-0.2, 0) is 17.3 Å². The van der Waals surface area contributed by atoms with Gasteiger partial charge in [0.1, 0.15) is 5.82 Å². The van der Waals surface area contributed by atoms with Crippen LogP contribution in [0.5, 0.6) is 0 Å². The Morgan fingerprint density at radius 2 is 2.21 bits per heavy atom. The molecule has 1 N–H and O–H groups in total. The SMILES string of the molecule is CCCNCc1cnc(N2CCS(=O)CC2)c(Cl)c1. The van der Waals surface area contributed by atoms with E-state index in [1.54, 1.807) is 0 Å². The average molecular weight is 302 g/mol. The van der Waals surface area contributed by atoms with Crippen LogP contribution in [0.25, 0.3) is 0 Å².